The number of hydrogen-bond acceptors (Lipinski definition) is 3. The summed E-state index contributed by atoms with van der Waals surface area (Å²) in [6.45, 7) is 0. The molecule has 0 amide bonds. The van der Waals surface area contributed by atoms with E-state index in [2.05, 4.69) is 15.3 Å². The van der Waals surface area contributed by atoms with Gasteiger partial charge in [0.15, 0.2) is 0 Å². The van der Waals surface area contributed by atoms with Gasteiger partial charge < -0.3 is 5.32 Å². The summed E-state index contributed by atoms with van der Waals surface area (Å²) in [6, 6.07) is 5.62. The third-order valence-electron chi connectivity index (χ3n) is 2.80. The van der Waals surface area contributed by atoms with Gasteiger partial charge in [-0.1, -0.05) is 29.3 Å². The lowest BCUT2D eigenvalue weighted by Gasteiger charge is -2.17. The van der Waals surface area contributed by atoms with E-state index in [1.807, 2.05) is 25.2 Å². The van der Waals surface area contributed by atoms with Crippen molar-refractivity contribution < 1.29 is 0 Å². The lowest BCUT2D eigenvalue weighted by Crippen LogP contribution is -2.19. The van der Waals surface area contributed by atoms with E-state index in [0.717, 1.165) is 11.1 Å². The molecule has 1 atom stereocenters. The van der Waals surface area contributed by atoms with Crippen molar-refractivity contribution in [2.45, 2.75) is 12.5 Å². The predicted molar refractivity (Wildman–Crippen MR) is 74.0 cm³/mol. The van der Waals surface area contributed by atoms with Crippen LogP contribution in [0, 0.1) is 0 Å². The highest BCUT2D eigenvalue weighted by Crippen LogP contribution is 2.28. The van der Waals surface area contributed by atoms with Gasteiger partial charge in [-0.25, -0.2) is 9.97 Å². The van der Waals surface area contributed by atoms with E-state index in [1.54, 1.807) is 12.4 Å². The molecule has 5 heteroatoms. The van der Waals surface area contributed by atoms with Crippen LogP contribution in [0.1, 0.15) is 17.2 Å². The maximum Gasteiger partial charge on any atom is 0.115 e. The molecular formula is C13H13Cl2N3. The molecule has 0 spiro atoms. The van der Waals surface area contributed by atoms with E-state index < -0.39 is 0 Å². The fraction of sp³-hybridized carbons (Fsp3) is 0.231. The van der Waals surface area contributed by atoms with Gasteiger partial charge in [-0.15, -0.1) is 0 Å². The zero-order valence-electron chi connectivity index (χ0n) is 9.90. The van der Waals surface area contributed by atoms with Crippen LogP contribution in [-0.4, -0.2) is 17.0 Å². The van der Waals surface area contributed by atoms with Gasteiger partial charge in [0.2, 0.25) is 0 Å². The summed E-state index contributed by atoms with van der Waals surface area (Å²) in [4.78, 5) is 8.05. The first kappa shape index (κ1) is 13.3. The van der Waals surface area contributed by atoms with Crippen molar-refractivity contribution in [2.75, 3.05) is 7.05 Å². The van der Waals surface area contributed by atoms with Crippen LogP contribution in [0.5, 0.6) is 0 Å². The Labute approximate surface area is 116 Å². The van der Waals surface area contributed by atoms with Crippen LogP contribution < -0.4 is 5.32 Å². The Hall–Kier alpha value is -1.16. The lowest BCUT2D eigenvalue weighted by molar-refractivity contribution is 0.587. The second-order valence-corrected chi connectivity index (χ2v) is 4.73. The molecule has 0 radical (unpaired) electrons. The number of nitrogens with one attached hydrogen (secondary N) is 1. The number of hydrogen-bond donors (Lipinski definition) is 1. The molecule has 2 aromatic rings. The highest BCUT2D eigenvalue weighted by atomic mass is 35.5. The topological polar surface area (TPSA) is 37.8 Å². The minimum atomic E-state index is 0.0867. The predicted octanol–water partition coefficient (Wildman–Crippen LogP) is 3.29. The van der Waals surface area contributed by atoms with Crippen LogP contribution in [0.4, 0.5) is 0 Å². The Kier molecular flexibility index (Phi) is 4.53. The first-order chi connectivity index (χ1) is 8.72. The molecule has 18 heavy (non-hydrogen) atoms. The molecule has 3 nitrogen and oxygen atoms in total. The Morgan fingerprint density at radius 3 is 2.33 bits per heavy atom. The summed E-state index contributed by atoms with van der Waals surface area (Å²) in [7, 11) is 1.89. The van der Waals surface area contributed by atoms with Crippen molar-refractivity contribution >= 4 is 23.2 Å². The molecule has 0 bridgehead atoms. The first-order valence-electron chi connectivity index (χ1n) is 5.57. The molecule has 1 unspecified atom stereocenters. The maximum absolute atomic E-state index is 6.17. The molecule has 0 aliphatic rings. The van der Waals surface area contributed by atoms with Gasteiger partial charge in [-0.05, 0) is 31.2 Å². The van der Waals surface area contributed by atoms with Crippen LogP contribution in [0.3, 0.4) is 0 Å². The largest absolute Gasteiger partial charge is 0.313 e. The van der Waals surface area contributed by atoms with Crippen molar-refractivity contribution in [1.29, 1.82) is 0 Å². The highest BCUT2D eigenvalue weighted by molar-refractivity contribution is 6.36. The quantitative estimate of drug-likeness (QED) is 0.935. The highest BCUT2D eigenvalue weighted by Gasteiger charge is 2.14. The molecule has 0 fully saturated rings. The normalized spacial score (nSPS) is 12.4. The number of benzene rings is 1. The zero-order chi connectivity index (χ0) is 13.0. The second kappa shape index (κ2) is 6.14. The van der Waals surface area contributed by atoms with Crippen molar-refractivity contribution in [3.8, 4) is 0 Å². The van der Waals surface area contributed by atoms with E-state index in [1.165, 1.54) is 6.33 Å². The third-order valence-corrected chi connectivity index (χ3v) is 3.51. The molecular weight excluding hydrogens is 269 g/mol. The Morgan fingerprint density at radius 2 is 1.78 bits per heavy atom. The number of halogens is 2. The van der Waals surface area contributed by atoms with Gasteiger partial charge in [0.05, 0.1) is 0 Å². The SMILES string of the molecule is CNC(Cc1c(Cl)cccc1Cl)c1cncnc1. The molecule has 1 N–H and O–H groups in total. The van der Waals surface area contributed by atoms with E-state index in [9.17, 15) is 0 Å². The van der Waals surface area contributed by atoms with Gasteiger partial charge in [-0.3, -0.25) is 0 Å². The molecule has 0 aliphatic heterocycles. The average molecular weight is 282 g/mol. The molecule has 94 valence electrons. The van der Waals surface area contributed by atoms with E-state index in [-0.39, 0.29) is 6.04 Å². The van der Waals surface area contributed by atoms with Gasteiger partial charge in [-0.2, -0.15) is 0 Å². The summed E-state index contributed by atoms with van der Waals surface area (Å²) in [6.07, 6.45) is 5.79. The molecule has 0 saturated carbocycles. The molecule has 2 rings (SSSR count). The summed E-state index contributed by atoms with van der Waals surface area (Å²) in [5.41, 5.74) is 1.94. The minimum Gasteiger partial charge on any atom is -0.313 e. The van der Waals surface area contributed by atoms with Crippen LogP contribution in [-0.2, 0) is 6.42 Å². The van der Waals surface area contributed by atoms with Crippen LogP contribution >= 0.6 is 23.2 Å². The van der Waals surface area contributed by atoms with Crippen molar-refractivity contribution in [3.05, 3.63) is 58.1 Å². The Balaban J connectivity index is 2.26. The van der Waals surface area contributed by atoms with E-state index in [0.29, 0.717) is 16.5 Å². The van der Waals surface area contributed by atoms with Crippen LogP contribution in [0.15, 0.2) is 36.9 Å². The standard InChI is InChI=1S/C13H13Cl2N3/c1-16-13(9-6-17-8-18-7-9)5-10-11(14)3-2-4-12(10)15/h2-4,6-8,13,16H,5H2,1H3. The summed E-state index contributed by atoms with van der Waals surface area (Å²) < 4.78 is 0. The maximum atomic E-state index is 6.17. The second-order valence-electron chi connectivity index (χ2n) is 3.92. The lowest BCUT2D eigenvalue weighted by atomic mass is 10.0. The number of likely N-dealkylation sites (N-methyl/N-ethyl adjacent to an activating group) is 1. The van der Waals surface area contributed by atoms with E-state index >= 15 is 0 Å². The fourth-order valence-electron chi connectivity index (χ4n) is 1.81. The summed E-state index contributed by atoms with van der Waals surface area (Å²) >= 11 is 12.3. The molecule has 1 heterocycles. The van der Waals surface area contributed by atoms with Gasteiger partial charge in [0.1, 0.15) is 6.33 Å². The van der Waals surface area contributed by atoms with Gasteiger partial charge >= 0.3 is 0 Å². The van der Waals surface area contributed by atoms with E-state index in [4.69, 9.17) is 23.2 Å². The molecule has 0 aliphatic carbocycles. The molecule has 0 saturated heterocycles. The smallest absolute Gasteiger partial charge is 0.115 e. The summed E-state index contributed by atoms with van der Waals surface area (Å²) in [5.74, 6) is 0. The Bertz CT molecular complexity index is 497. The van der Waals surface area contributed by atoms with Crippen molar-refractivity contribution in [3.63, 3.8) is 0 Å². The minimum absolute atomic E-state index is 0.0867. The molecule has 1 aromatic heterocycles. The average Bonchev–Trinajstić information content (AvgIpc) is 2.40. The van der Waals surface area contributed by atoms with Crippen LogP contribution in [0.25, 0.3) is 0 Å². The van der Waals surface area contributed by atoms with Crippen LogP contribution in [0.2, 0.25) is 10.0 Å². The number of rotatable bonds is 4. The Morgan fingerprint density at radius 1 is 1.17 bits per heavy atom. The molecule has 1 aromatic carbocycles. The number of aromatic nitrogens is 2. The summed E-state index contributed by atoms with van der Waals surface area (Å²) in [5, 5.41) is 4.58. The fourth-order valence-corrected chi connectivity index (χ4v) is 2.36. The van der Waals surface area contributed by atoms with Gasteiger partial charge in [0, 0.05) is 34.0 Å². The zero-order valence-corrected chi connectivity index (χ0v) is 11.4. The number of nitrogens with zero attached hydrogens (tertiary/aromatic N) is 2. The first-order valence-corrected chi connectivity index (χ1v) is 6.33. The van der Waals surface area contributed by atoms with Crippen molar-refractivity contribution in [2.24, 2.45) is 0 Å². The van der Waals surface area contributed by atoms with Crippen molar-refractivity contribution in [1.82, 2.24) is 15.3 Å². The van der Waals surface area contributed by atoms with Gasteiger partial charge in [0.25, 0.3) is 0 Å². The third kappa shape index (κ3) is 2.99. The monoisotopic (exact) mass is 281 g/mol.